The van der Waals surface area contributed by atoms with E-state index in [1.165, 1.54) is 11.1 Å². The predicted molar refractivity (Wildman–Crippen MR) is 120 cm³/mol. The Hall–Kier alpha value is -2.31. The second-order valence-corrected chi connectivity index (χ2v) is 9.40. The third kappa shape index (κ3) is 5.86. The van der Waals surface area contributed by atoms with E-state index in [1.807, 2.05) is 38.1 Å². The summed E-state index contributed by atoms with van der Waals surface area (Å²) in [7, 11) is 0. The first kappa shape index (κ1) is 22.4. The number of amides is 1. The molecule has 7 heteroatoms. The van der Waals surface area contributed by atoms with Gasteiger partial charge in [0.25, 0.3) is 0 Å². The van der Waals surface area contributed by atoms with E-state index >= 15 is 0 Å². The number of aliphatic imine (C=N–C) groups is 1. The van der Waals surface area contributed by atoms with Crippen LogP contribution in [0.15, 0.2) is 23.5 Å². The van der Waals surface area contributed by atoms with Gasteiger partial charge in [-0.25, -0.2) is 4.79 Å². The fourth-order valence-corrected chi connectivity index (χ4v) is 4.49. The van der Waals surface area contributed by atoms with Crippen LogP contribution in [0, 0.1) is 6.92 Å². The number of rotatable bonds is 5. The van der Waals surface area contributed by atoms with Gasteiger partial charge >= 0.3 is 6.09 Å². The minimum atomic E-state index is -0.455. The molecule has 2 atom stereocenters. The lowest BCUT2D eigenvalue weighted by Crippen LogP contribution is -2.55. The van der Waals surface area contributed by atoms with Crippen molar-refractivity contribution in [3.63, 3.8) is 0 Å². The van der Waals surface area contributed by atoms with E-state index in [4.69, 9.17) is 9.73 Å². The van der Waals surface area contributed by atoms with E-state index in [0.29, 0.717) is 6.04 Å². The largest absolute Gasteiger partial charge is 0.444 e. The Balaban J connectivity index is 1.57. The predicted octanol–water partition coefficient (Wildman–Crippen LogP) is 3.42. The van der Waals surface area contributed by atoms with Gasteiger partial charge in [0.1, 0.15) is 5.60 Å². The van der Waals surface area contributed by atoms with E-state index in [0.717, 1.165) is 51.2 Å². The van der Waals surface area contributed by atoms with Crippen molar-refractivity contribution < 1.29 is 9.53 Å². The average Bonchev–Trinajstić information content (AvgIpc) is 2.93. The number of aryl methyl sites for hydroxylation is 1. The lowest BCUT2D eigenvalue weighted by atomic mass is 9.98. The fourth-order valence-electron chi connectivity index (χ4n) is 4.49. The zero-order valence-corrected chi connectivity index (χ0v) is 19.1. The summed E-state index contributed by atoms with van der Waals surface area (Å²) in [6, 6.07) is 2.88. The molecule has 7 nitrogen and oxygen atoms in total. The van der Waals surface area contributed by atoms with E-state index in [-0.39, 0.29) is 18.2 Å². The van der Waals surface area contributed by atoms with Crippen molar-refractivity contribution in [3.05, 3.63) is 29.6 Å². The van der Waals surface area contributed by atoms with Crippen LogP contribution in [0.25, 0.3) is 0 Å². The Labute approximate surface area is 180 Å². The van der Waals surface area contributed by atoms with Crippen molar-refractivity contribution in [1.29, 1.82) is 0 Å². The summed E-state index contributed by atoms with van der Waals surface area (Å²) in [6.45, 7) is 11.5. The average molecular weight is 416 g/mol. The van der Waals surface area contributed by atoms with Crippen LogP contribution in [0.4, 0.5) is 4.79 Å². The first-order valence-electron chi connectivity index (χ1n) is 11.2. The monoisotopic (exact) mass is 415 g/mol. The van der Waals surface area contributed by atoms with Gasteiger partial charge in [-0.3, -0.25) is 9.98 Å². The molecule has 0 radical (unpaired) electrons. The molecule has 2 bridgehead atoms. The molecule has 166 valence electrons. The van der Waals surface area contributed by atoms with Crippen LogP contribution in [-0.2, 0) is 11.2 Å². The molecule has 2 unspecified atom stereocenters. The van der Waals surface area contributed by atoms with E-state index < -0.39 is 5.60 Å². The van der Waals surface area contributed by atoms with Crippen molar-refractivity contribution >= 4 is 12.1 Å². The number of nitrogens with one attached hydrogen (secondary N) is 2. The summed E-state index contributed by atoms with van der Waals surface area (Å²) >= 11 is 0. The number of carbonyl (C=O) groups excluding carboxylic acids is 1. The van der Waals surface area contributed by atoms with Crippen molar-refractivity contribution in [2.45, 2.75) is 90.4 Å². The Morgan fingerprint density at radius 2 is 2.00 bits per heavy atom. The highest BCUT2D eigenvalue weighted by Crippen LogP contribution is 2.36. The van der Waals surface area contributed by atoms with E-state index in [1.54, 1.807) is 0 Å². The zero-order chi connectivity index (χ0) is 21.7. The van der Waals surface area contributed by atoms with E-state index in [9.17, 15) is 4.79 Å². The molecule has 3 heterocycles. The van der Waals surface area contributed by atoms with Gasteiger partial charge in [-0.15, -0.1) is 0 Å². The Morgan fingerprint density at radius 3 is 2.60 bits per heavy atom. The third-order valence-electron chi connectivity index (χ3n) is 5.81. The highest BCUT2D eigenvalue weighted by atomic mass is 16.6. The first-order valence-corrected chi connectivity index (χ1v) is 11.2. The van der Waals surface area contributed by atoms with Crippen LogP contribution in [0.5, 0.6) is 0 Å². The Morgan fingerprint density at radius 1 is 1.30 bits per heavy atom. The molecule has 3 rings (SSSR count). The molecule has 2 saturated heterocycles. The molecular weight excluding hydrogens is 378 g/mol. The van der Waals surface area contributed by atoms with Gasteiger partial charge in [-0.1, -0.05) is 0 Å². The number of nitrogens with zero attached hydrogens (tertiary/aromatic N) is 3. The van der Waals surface area contributed by atoms with Gasteiger partial charge in [-0.2, -0.15) is 0 Å². The summed E-state index contributed by atoms with van der Waals surface area (Å²) in [4.78, 5) is 23.6. The molecule has 0 spiro atoms. The van der Waals surface area contributed by atoms with Gasteiger partial charge in [0.05, 0.1) is 0 Å². The number of guanidine groups is 1. The van der Waals surface area contributed by atoms with E-state index in [2.05, 4.69) is 35.5 Å². The molecule has 2 aliphatic rings. The van der Waals surface area contributed by atoms with Crippen molar-refractivity contribution in [2.75, 3.05) is 13.1 Å². The standard InChI is InChI=1S/C23H37N5O2/c1-6-25-21(26-12-10-17-9-11-24-15-16(17)2)27-18-13-19-7-8-20(14-18)28(19)22(29)30-23(3,4)5/h9,11,15,18-20H,6-8,10,12-14H2,1-5H3,(H2,25,26,27). The van der Waals surface area contributed by atoms with Crippen molar-refractivity contribution in [3.8, 4) is 0 Å². The summed E-state index contributed by atoms with van der Waals surface area (Å²) < 4.78 is 5.64. The number of pyridine rings is 1. The normalized spacial score (nSPS) is 24.0. The lowest BCUT2D eigenvalue weighted by Gasteiger charge is -2.40. The van der Waals surface area contributed by atoms with Crippen molar-refractivity contribution in [1.82, 2.24) is 20.5 Å². The number of piperidine rings is 1. The van der Waals surface area contributed by atoms with Gasteiger partial charge in [-0.05, 0) is 83.9 Å². The van der Waals surface area contributed by atoms with Gasteiger partial charge < -0.3 is 20.3 Å². The highest BCUT2D eigenvalue weighted by Gasteiger charge is 2.45. The topological polar surface area (TPSA) is 78.9 Å². The Bertz CT molecular complexity index is 744. The van der Waals surface area contributed by atoms with Crippen LogP contribution >= 0.6 is 0 Å². The van der Waals surface area contributed by atoms with Crippen LogP contribution in [0.2, 0.25) is 0 Å². The SMILES string of the molecule is CCNC(=NCCc1ccncc1C)NC1CC2CCC(C1)N2C(=O)OC(C)(C)C. The quantitative estimate of drug-likeness (QED) is 0.569. The number of aromatic nitrogens is 1. The molecular formula is C23H37N5O2. The molecule has 30 heavy (non-hydrogen) atoms. The molecule has 1 aromatic heterocycles. The molecule has 1 aromatic rings. The summed E-state index contributed by atoms with van der Waals surface area (Å²) in [6.07, 6.45) is 8.44. The van der Waals surface area contributed by atoms with Crippen LogP contribution in [0.1, 0.15) is 64.5 Å². The van der Waals surface area contributed by atoms with Crippen molar-refractivity contribution in [2.24, 2.45) is 4.99 Å². The second kappa shape index (κ2) is 9.67. The summed E-state index contributed by atoms with van der Waals surface area (Å²) in [5.41, 5.74) is 2.04. The third-order valence-corrected chi connectivity index (χ3v) is 5.81. The number of hydrogen-bond acceptors (Lipinski definition) is 4. The Kier molecular flexibility index (Phi) is 7.21. The minimum absolute atomic E-state index is 0.165. The molecule has 2 N–H and O–H groups in total. The molecule has 0 aromatic carbocycles. The molecule has 2 fully saturated rings. The second-order valence-electron chi connectivity index (χ2n) is 9.40. The molecule has 0 aliphatic carbocycles. The maximum atomic E-state index is 12.7. The molecule has 1 amide bonds. The van der Waals surface area contributed by atoms with Gasteiger partial charge in [0.15, 0.2) is 5.96 Å². The maximum Gasteiger partial charge on any atom is 0.410 e. The highest BCUT2D eigenvalue weighted by molar-refractivity contribution is 5.80. The number of fused-ring (bicyclic) bond motifs is 2. The maximum absolute atomic E-state index is 12.7. The lowest BCUT2D eigenvalue weighted by molar-refractivity contribution is 0.00545. The summed E-state index contributed by atoms with van der Waals surface area (Å²) in [5, 5.41) is 6.98. The number of carbonyl (C=O) groups is 1. The van der Waals surface area contributed by atoms with Crippen LogP contribution in [-0.4, -0.2) is 58.8 Å². The number of ether oxygens (including phenoxy) is 1. The minimum Gasteiger partial charge on any atom is -0.444 e. The number of hydrogen-bond donors (Lipinski definition) is 2. The summed E-state index contributed by atoms with van der Waals surface area (Å²) in [5.74, 6) is 0.860. The molecule has 0 saturated carbocycles. The molecule has 2 aliphatic heterocycles. The van der Waals surface area contributed by atoms with Gasteiger partial charge in [0, 0.05) is 43.6 Å². The smallest absolute Gasteiger partial charge is 0.410 e. The van der Waals surface area contributed by atoms with Gasteiger partial charge in [0.2, 0.25) is 0 Å². The fraction of sp³-hybridized carbons (Fsp3) is 0.696. The van der Waals surface area contributed by atoms with Crippen LogP contribution < -0.4 is 10.6 Å². The first-order chi connectivity index (χ1) is 14.3. The van der Waals surface area contributed by atoms with Crippen LogP contribution in [0.3, 0.4) is 0 Å². The zero-order valence-electron chi connectivity index (χ0n) is 19.1.